The van der Waals surface area contributed by atoms with Crippen molar-refractivity contribution in [1.82, 2.24) is 14.7 Å². The first-order valence-corrected chi connectivity index (χ1v) is 5.67. The summed E-state index contributed by atoms with van der Waals surface area (Å²) in [6.07, 6.45) is 5.48. The third kappa shape index (κ3) is 3.41. The van der Waals surface area contributed by atoms with E-state index in [1.54, 1.807) is 0 Å². The lowest BCUT2D eigenvalue weighted by atomic mass is 10.3. The number of aryl methyl sites for hydroxylation is 1. The molecule has 0 bridgehead atoms. The number of imidazole rings is 1. The molecule has 6 nitrogen and oxygen atoms in total. The van der Waals surface area contributed by atoms with Crippen LogP contribution in [0.3, 0.4) is 0 Å². The second kappa shape index (κ2) is 5.34. The Labute approximate surface area is 109 Å². The monoisotopic (exact) mass is 259 g/mol. The first kappa shape index (κ1) is 12.8. The van der Waals surface area contributed by atoms with Crippen LogP contribution in [0.4, 0.5) is 0 Å². The average Bonchev–Trinajstić information content (AvgIpc) is 2.75. The maximum atomic E-state index is 11.3. The number of carbonyl (C=O) groups excluding carboxylic acids is 1. The Balaban J connectivity index is 2.02. The number of amides is 1. The van der Waals surface area contributed by atoms with Crippen molar-refractivity contribution in [1.29, 1.82) is 0 Å². The molecule has 0 aromatic carbocycles. The molecule has 2 aromatic heterocycles. The van der Waals surface area contributed by atoms with Gasteiger partial charge in [0, 0.05) is 24.5 Å². The van der Waals surface area contributed by atoms with Crippen molar-refractivity contribution in [3.63, 3.8) is 0 Å². The second-order valence-electron chi connectivity index (χ2n) is 4.09. The van der Waals surface area contributed by atoms with Gasteiger partial charge in [0.05, 0.1) is 12.2 Å². The van der Waals surface area contributed by atoms with E-state index in [1.807, 2.05) is 35.9 Å². The van der Waals surface area contributed by atoms with Crippen LogP contribution in [0.2, 0.25) is 0 Å². The van der Waals surface area contributed by atoms with Crippen molar-refractivity contribution in [3.05, 3.63) is 47.9 Å². The molecular formula is C13H13N3O3. The van der Waals surface area contributed by atoms with Gasteiger partial charge in [-0.3, -0.25) is 4.79 Å². The van der Waals surface area contributed by atoms with Crippen molar-refractivity contribution in [3.8, 4) is 0 Å². The highest BCUT2D eigenvalue weighted by Crippen LogP contribution is 2.07. The summed E-state index contributed by atoms with van der Waals surface area (Å²) >= 11 is 0. The summed E-state index contributed by atoms with van der Waals surface area (Å²) < 4.78 is 1.86. The van der Waals surface area contributed by atoms with Crippen LogP contribution in [0.1, 0.15) is 11.3 Å². The summed E-state index contributed by atoms with van der Waals surface area (Å²) in [5, 5.41) is 11.0. The highest BCUT2D eigenvalue weighted by atomic mass is 16.4. The van der Waals surface area contributed by atoms with E-state index in [4.69, 9.17) is 5.11 Å². The first-order valence-electron chi connectivity index (χ1n) is 5.67. The molecule has 0 aliphatic heterocycles. The number of nitrogens with zero attached hydrogens (tertiary/aromatic N) is 2. The number of nitrogens with one attached hydrogen (secondary N) is 1. The first-order chi connectivity index (χ1) is 9.04. The van der Waals surface area contributed by atoms with Crippen molar-refractivity contribution >= 4 is 17.5 Å². The van der Waals surface area contributed by atoms with Gasteiger partial charge < -0.3 is 14.8 Å². The van der Waals surface area contributed by atoms with E-state index in [9.17, 15) is 9.59 Å². The smallest absolute Gasteiger partial charge is 0.328 e. The largest absolute Gasteiger partial charge is 0.478 e. The van der Waals surface area contributed by atoms with Gasteiger partial charge in [-0.25, -0.2) is 9.78 Å². The lowest BCUT2D eigenvalue weighted by Crippen LogP contribution is -2.20. The molecule has 2 aromatic rings. The molecule has 2 N–H and O–H groups in total. The minimum Gasteiger partial charge on any atom is -0.478 e. The molecule has 0 saturated carbocycles. The SMILES string of the molecule is Cc1ccn2cc(CNC(=O)/C=C/C(=O)O)nc2c1. The van der Waals surface area contributed by atoms with E-state index in [0.29, 0.717) is 5.69 Å². The van der Waals surface area contributed by atoms with E-state index < -0.39 is 11.9 Å². The summed E-state index contributed by atoms with van der Waals surface area (Å²) in [5.74, 6) is -1.62. The van der Waals surface area contributed by atoms with Gasteiger partial charge in [-0.2, -0.15) is 0 Å². The third-order valence-corrected chi connectivity index (χ3v) is 2.49. The van der Waals surface area contributed by atoms with E-state index in [1.165, 1.54) is 0 Å². The van der Waals surface area contributed by atoms with E-state index in [0.717, 1.165) is 23.4 Å². The quantitative estimate of drug-likeness (QED) is 0.799. The van der Waals surface area contributed by atoms with Crippen molar-refractivity contribution in [2.45, 2.75) is 13.5 Å². The second-order valence-corrected chi connectivity index (χ2v) is 4.09. The molecule has 0 aliphatic rings. The molecule has 0 unspecified atom stereocenters. The number of hydrogen-bond acceptors (Lipinski definition) is 3. The number of carboxylic acids is 1. The standard InChI is InChI=1S/C13H13N3O3/c1-9-4-5-16-8-10(15-11(16)6-9)7-14-12(17)2-3-13(18)19/h2-6,8H,7H2,1H3,(H,14,17)(H,18,19)/b3-2+. The molecule has 0 fully saturated rings. The molecule has 0 spiro atoms. The van der Waals surface area contributed by atoms with Crippen LogP contribution < -0.4 is 5.32 Å². The Hall–Kier alpha value is -2.63. The molecule has 98 valence electrons. The Kier molecular flexibility index (Phi) is 3.61. The van der Waals surface area contributed by atoms with Crippen LogP contribution in [0.15, 0.2) is 36.7 Å². The fourth-order valence-corrected chi connectivity index (χ4v) is 1.60. The van der Waals surface area contributed by atoms with E-state index in [-0.39, 0.29) is 6.54 Å². The predicted molar refractivity (Wildman–Crippen MR) is 68.6 cm³/mol. The molecule has 2 rings (SSSR count). The summed E-state index contributed by atoms with van der Waals surface area (Å²) in [7, 11) is 0. The Bertz CT molecular complexity index is 658. The number of carboxylic acid groups (broad SMARTS) is 1. The molecule has 0 radical (unpaired) electrons. The minimum atomic E-state index is -1.15. The fraction of sp³-hybridized carbons (Fsp3) is 0.154. The Morgan fingerprint density at radius 3 is 3.00 bits per heavy atom. The molecule has 19 heavy (non-hydrogen) atoms. The van der Waals surface area contributed by atoms with Gasteiger partial charge in [0.2, 0.25) is 5.91 Å². The van der Waals surface area contributed by atoms with Crippen LogP contribution >= 0.6 is 0 Å². The zero-order valence-electron chi connectivity index (χ0n) is 10.3. The molecule has 2 heterocycles. The third-order valence-electron chi connectivity index (χ3n) is 2.49. The summed E-state index contributed by atoms with van der Waals surface area (Å²) in [5.41, 5.74) is 2.63. The van der Waals surface area contributed by atoms with Crippen molar-refractivity contribution < 1.29 is 14.7 Å². The van der Waals surface area contributed by atoms with Gasteiger partial charge in [-0.15, -0.1) is 0 Å². The highest BCUT2D eigenvalue weighted by Gasteiger charge is 2.03. The summed E-state index contributed by atoms with van der Waals surface area (Å²) in [4.78, 5) is 25.9. The average molecular weight is 259 g/mol. The number of pyridine rings is 1. The van der Waals surface area contributed by atoms with Gasteiger partial charge >= 0.3 is 5.97 Å². The lowest BCUT2D eigenvalue weighted by molar-refractivity contribution is -0.131. The maximum absolute atomic E-state index is 11.3. The van der Waals surface area contributed by atoms with Crippen molar-refractivity contribution in [2.75, 3.05) is 0 Å². The number of aliphatic carboxylic acids is 1. The molecule has 0 saturated heterocycles. The van der Waals surface area contributed by atoms with Crippen LogP contribution in [-0.4, -0.2) is 26.4 Å². The van der Waals surface area contributed by atoms with Gasteiger partial charge in [0.15, 0.2) is 0 Å². The zero-order chi connectivity index (χ0) is 13.8. The number of rotatable bonds is 4. The van der Waals surface area contributed by atoms with Crippen LogP contribution in [0.5, 0.6) is 0 Å². The normalized spacial score (nSPS) is 11.0. The van der Waals surface area contributed by atoms with E-state index >= 15 is 0 Å². The van der Waals surface area contributed by atoms with Crippen LogP contribution in [0, 0.1) is 6.92 Å². The molecule has 6 heteroatoms. The topological polar surface area (TPSA) is 83.7 Å². The van der Waals surface area contributed by atoms with Gasteiger partial charge in [0.1, 0.15) is 5.65 Å². The number of hydrogen-bond donors (Lipinski definition) is 2. The predicted octanol–water partition coefficient (Wildman–Crippen LogP) is 0.900. The number of fused-ring (bicyclic) bond motifs is 1. The van der Waals surface area contributed by atoms with Gasteiger partial charge in [-0.1, -0.05) is 0 Å². The Morgan fingerprint density at radius 2 is 2.26 bits per heavy atom. The molecular weight excluding hydrogens is 246 g/mol. The van der Waals surface area contributed by atoms with Crippen LogP contribution in [-0.2, 0) is 16.1 Å². The van der Waals surface area contributed by atoms with E-state index in [2.05, 4.69) is 10.3 Å². The molecule has 0 aliphatic carbocycles. The number of aromatic nitrogens is 2. The van der Waals surface area contributed by atoms with Crippen molar-refractivity contribution in [2.24, 2.45) is 0 Å². The van der Waals surface area contributed by atoms with Gasteiger partial charge in [0.25, 0.3) is 0 Å². The zero-order valence-corrected chi connectivity index (χ0v) is 10.3. The maximum Gasteiger partial charge on any atom is 0.328 e. The van der Waals surface area contributed by atoms with Gasteiger partial charge in [-0.05, 0) is 24.6 Å². The molecule has 0 atom stereocenters. The summed E-state index contributed by atoms with van der Waals surface area (Å²) in [6, 6.07) is 3.91. The molecule has 1 amide bonds. The minimum absolute atomic E-state index is 0.253. The lowest BCUT2D eigenvalue weighted by Gasteiger charge is -1.97. The Morgan fingerprint density at radius 1 is 1.47 bits per heavy atom. The summed E-state index contributed by atoms with van der Waals surface area (Å²) in [6.45, 7) is 2.23. The number of carbonyl (C=O) groups is 2. The highest BCUT2D eigenvalue weighted by molar-refractivity contribution is 5.93. The van der Waals surface area contributed by atoms with Crippen LogP contribution in [0.25, 0.3) is 5.65 Å². The fourth-order valence-electron chi connectivity index (χ4n) is 1.60.